The SMILES string of the molecule is CC1(C)N=C(c2ccc(O[SiH2]O[SiH3])cc2)N(O)C1(C)C. The van der Waals surface area contributed by atoms with Crippen LogP contribution in [0.3, 0.4) is 0 Å². The zero-order valence-corrected chi connectivity index (χ0v) is 16.1. The van der Waals surface area contributed by atoms with E-state index in [1.165, 1.54) is 5.06 Å². The summed E-state index contributed by atoms with van der Waals surface area (Å²) < 4.78 is 10.6. The third-order valence-corrected chi connectivity index (χ3v) is 5.46. The molecule has 110 valence electrons. The van der Waals surface area contributed by atoms with Crippen molar-refractivity contribution in [2.45, 2.75) is 38.8 Å². The van der Waals surface area contributed by atoms with Crippen molar-refractivity contribution in [2.24, 2.45) is 4.99 Å². The van der Waals surface area contributed by atoms with Crippen LogP contribution in [0.4, 0.5) is 0 Å². The van der Waals surface area contributed by atoms with Crippen LogP contribution in [0.2, 0.25) is 0 Å². The Hall–Kier alpha value is -1.16. The van der Waals surface area contributed by atoms with Gasteiger partial charge in [-0.15, -0.1) is 0 Å². The van der Waals surface area contributed by atoms with Gasteiger partial charge in [-0.1, -0.05) is 0 Å². The lowest BCUT2D eigenvalue weighted by atomic mass is 9.84. The van der Waals surface area contributed by atoms with Gasteiger partial charge in [0.25, 0.3) is 0 Å². The number of amidine groups is 1. The van der Waals surface area contributed by atoms with Gasteiger partial charge in [0, 0.05) is 5.56 Å². The van der Waals surface area contributed by atoms with Crippen molar-refractivity contribution in [2.75, 3.05) is 0 Å². The molecule has 1 aliphatic rings. The summed E-state index contributed by atoms with van der Waals surface area (Å²) in [6, 6.07) is 7.60. The first-order valence-electron chi connectivity index (χ1n) is 6.61. The molecule has 1 N–H and O–H groups in total. The Morgan fingerprint density at radius 3 is 2.25 bits per heavy atom. The Bertz CT molecular complexity index is 515. The van der Waals surface area contributed by atoms with Gasteiger partial charge in [0.2, 0.25) is 0 Å². The van der Waals surface area contributed by atoms with E-state index in [-0.39, 0.29) is 5.54 Å². The molecule has 0 aliphatic carbocycles. The molecule has 0 radical (unpaired) electrons. The average Bonchev–Trinajstić information content (AvgIpc) is 2.57. The van der Waals surface area contributed by atoms with Crippen LogP contribution in [0.15, 0.2) is 29.3 Å². The third-order valence-electron chi connectivity index (χ3n) is 4.07. The summed E-state index contributed by atoms with van der Waals surface area (Å²) in [5.41, 5.74) is 0.0947. The molecule has 1 aliphatic heterocycles. The van der Waals surface area contributed by atoms with Crippen molar-refractivity contribution >= 4 is 26.3 Å². The van der Waals surface area contributed by atoms with Gasteiger partial charge in [0.1, 0.15) is 16.2 Å². The van der Waals surface area contributed by atoms with Crippen molar-refractivity contribution in [1.29, 1.82) is 0 Å². The highest BCUT2D eigenvalue weighted by molar-refractivity contribution is 6.28. The summed E-state index contributed by atoms with van der Waals surface area (Å²) in [5, 5.41) is 11.6. The van der Waals surface area contributed by atoms with Crippen LogP contribution < -0.4 is 4.43 Å². The van der Waals surface area contributed by atoms with Crippen LogP contribution in [0, 0.1) is 0 Å². The Morgan fingerprint density at radius 2 is 1.80 bits per heavy atom. The van der Waals surface area contributed by atoms with E-state index in [0.717, 1.165) is 21.8 Å². The average molecular weight is 311 g/mol. The minimum Gasteiger partial charge on any atom is -0.525 e. The van der Waals surface area contributed by atoms with E-state index in [4.69, 9.17) is 8.54 Å². The molecule has 2 rings (SSSR count). The van der Waals surface area contributed by atoms with Crippen LogP contribution in [0.1, 0.15) is 33.3 Å². The zero-order valence-electron chi connectivity index (χ0n) is 12.7. The van der Waals surface area contributed by atoms with E-state index in [2.05, 4.69) is 4.99 Å². The van der Waals surface area contributed by atoms with Crippen LogP contribution in [-0.4, -0.2) is 47.7 Å². The summed E-state index contributed by atoms with van der Waals surface area (Å²) in [7, 11) is -0.163. The lowest BCUT2D eigenvalue weighted by molar-refractivity contribution is -0.0992. The molecule has 0 bridgehead atoms. The van der Waals surface area contributed by atoms with Crippen LogP contribution >= 0.6 is 0 Å². The lowest BCUT2D eigenvalue weighted by Gasteiger charge is -2.36. The molecule has 0 amide bonds. The van der Waals surface area contributed by atoms with Gasteiger partial charge in [-0.05, 0) is 52.0 Å². The lowest BCUT2D eigenvalue weighted by Crippen LogP contribution is -2.51. The molecule has 1 heterocycles. The first-order chi connectivity index (χ1) is 9.29. The number of aliphatic imine (C=N–C) groups is 1. The van der Waals surface area contributed by atoms with E-state index in [9.17, 15) is 5.21 Å². The summed E-state index contributed by atoms with van der Waals surface area (Å²) in [4.78, 5) is 4.66. The molecule has 0 spiro atoms. The highest BCUT2D eigenvalue weighted by Gasteiger charge is 2.49. The zero-order chi connectivity index (χ0) is 15.0. The molecule has 0 saturated carbocycles. The van der Waals surface area contributed by atoms with Crippen molar-refractivity contribution in [1.82, 2.24) is 5.06 Å². The van der Waals surface area contributed by atoms with Gasteiger partial charge in [-0.2, -0.15) is 0 Å². The molecule has 1 aromatic rings. The number of hydroxylamine groups is 2. The van der Waals surface area contributed by atoms with Crippen LogP contribution in [0.25, 0.3) is 0 Å². The van der Waals surface area contributed by atoms with Gasteiger partial charge in [-0.3, -0.25) is 10.2 Å². The van der Waals surface area contributed by atoms with Gasteiger partial charge < -0.3 is 8.54 Å². The molecule has 7 heteroatoms. The fraction of sp³-hybridized carbons (Fsp3) is 0.462. The molecule has 20 heavy (non-hydrogen) atoms. The van der Waals surface area contributed by atoms with Crippen LogP contribution in [-0.2, 0) is 4.12 Å². The summed E-state index contributed by atoms with van der Waals surface area (Å²) in [6.45, 7) is 8.01. The second-order valence-electron chi connectivity index (χ2n) is 5.94. The maximum absolute atomic E-state index is 10.4. The fourth-order valence-electron chi connectivity index (χ4n) is 1.99. The van der Waals surface area contributed by atoms with E-state index < -0.39 is 15.5 Å². The van der Waals surface area contributed by atoms with E-state index in [0.29, 0.717) is 5.84 Å². The summed E-state index contributed by atoms with van der Waals surface area (Å²) in [6.07, 6.45) is 0. The normalized spacial score (nSPS) is 20.6. The standard InChI is InChI=1S/C13H22N2O3Si2/c1-12(2)13(3,4)15(16)11(14-12)9-5-7-10(8-6-9)17-20-18-19/h5-8,16H,20H2,1-4,19H3. The largest absolute Gasteiger partial charge is 0.525 e. The first kappa shape index (κ1) is 15.2. The Balaban J connectivity index is 2.24. The quantitative estimate of drug-likeness (QED) is 0.817. The molecular weight excluding hydrogens is 288 g/mol. The smallest absolute Gasteiger partial charge is 0.355 e. The molecule has 1 aromatic carbocycles. The maximum atomic E-state index is 10.4. The Morgan fingerprint density at radius 1 is 1.20 bits per heavy atom. The minimum atomic E-state index is -0.881. The Kier molecular flexibility index (Phi) is 4.05. The van der Waals surface area contributed by atoms with Gasteiger partial charge >= 0.3 is 10.0 Å². The number of hydrogen-bond donors (Lipinski definition) is 1. The van der Waals surface area contributed by atoms with Gasteiger partial charge in [-0.25, -0.2) is 5.06 Å². The first-order valence-corrected chi connectivity index (χ1v) is 8.58. The monoisotopic (exact) mass is 310 g/mol. The predicted molar refractivity (Wildman–Crippen MR) is 85.0 cm³/mol. The van der Waals surface area contributed by atoms with Crippen molar-refractivity contribution in [3.63, 3.8) is 0 Å². The van der Waals surface area contributed by atoms with E-state index in [1.807, 2.05) is 52.0 Å². The molecule has 0 fully saturated rings. The summed E-state index contributed by atoms with van der Waals surface area (Å²) in [5.74, 6) is 1.40. The topological polar surface area (TPSA) is 54.3 Å². The number of nitrogens with zero attached hydrogens (tertiary/aromatic N) is 2. The molecule has 0 unspecified atom stereocenters. The number of benzene rings is 1. The fourth-order valence-corrected chi connectivity index (χ4v) is 2.79. The van der Waals surface area contributed by atoms with E-state index in [1.54, 1.807) is 0 Å². The van der Waals surface area contributed by atoms with Gasteiger partial charge in [0.05, 0.1) is 11.1 Å². The molecular formula is C13H22N2O3Si2. The Labute approximate surface area is 125 Å². The van der Waals surface area contributed by atoms with Crippen LogP contribution in [0.5, 0.6) is 5.75 Å². The third kappa shape index (κ3) is 2.53. The van der Waals surface area contributed by atoms with Crippen molar-refractivity contribution in [3.05, 3.63) is 29.8 Å². The van der Waals surface area contributed by atoms with E-state index >= 15 is 0 Å². The minimum absolute atomic E-state index is 0.347. The van der Waals surface area contributed by atoms with Gasteiger partial charge in [0.15, 0.2) is 5.84 Å². The van der Waals surface area contributed by atoms with Crippen molar-refractivity contribution < 1.29 is 13.7 Å². The molecule has 0 saturated heterocycles. The molecule has 5 nitrogen and oxygen atoms in total. The maximum Gasteiger partial charge on any atom is 0.355 e. The van der Waals surface area contributed by atoms with Crippen molar-refractivity contribution in [3.8, 4) is 5.75 Å². The number of rotatable bonds is 4. The second-order valence-corrected chi connectivity index (χ2v) is 8.77. The second kappa shape index (κ2) is 5.32. The predicted octanol–water partition coefficient (Wildman–Crippen LogP) is 0.370. The highest BCUT2D eigenvalue weighted by Crippen LogP contribution is 2.37. The molecule has 0 atom stereocenters. The molecule has 0 aromatic heterocycles. The highest BCUT2D eigenvalue weighted by atomic mass is 28.3. The number of hydrogen-bond acceptors (Lipinski definition) is 5. The summed E-state index contributed by atoms with van der Waals surface area (Å²) >= 11 is 0.